The van der Waals surface area contributed by atoms with Gasteiger partial charge in [-0.3, -0.25) is 9.78 Å². The standard InChI is InChI=1S/C42H58ClN3O9/c1-28(6-4-5-19-46(20-22-54-23-21-47)39(51)14-13-36(49)40(52)41(53)37(50)27-48)29-9-12-35(43)30(24-29)25-45-42(16-17-42)34-26-44-18-15-32(34)33-7-2-3-8-38(33)55-31-10-11-31/h2-3,7-9,12,15,18,24,26,28,31,36-37,40-41,45,47-50,52-53H,4-6,10-11,13-14,16-17,19-23,25,27H2,1H3/t28?,36-,37+,40+,41+/m0/s1. The number of nitrogens with zero attached hydrogens (tertiary/aromatic N) is 2. The summed E-state index contributed by atoms with van der Waals surface area (Å²) in [7, 11) is 0. The molecule has 5 atom stereocenters. The third-order valence-electron chi connectivity index (χ3n) is 10.7. The number of ether oxygens (including phenoxy) is 2. The van der Waals surface area contributed by atoms with E-state index in [1.54, 1.807) is 4.90 Å². The van der Waals surface area contributed by atoms with Crippen LogP contribution in [0.4, 0.5) is 0 Å². The summed E-state index contributed by atoms with van der Waals surface area (Å²) < 4.78 is 11.7. The van der Waals surface area contributed by atoms with Gasteiger partial charge in [-0.25, -0.2) is 0 Å². The van der Waals surface area contributed by atoms with Crippen molar-refractivity contribution in [2.24, 2.45) is 0 Å². The highest BCUT2D eigenvalue weighted by Crippen LogP contribution is 2.50. The van der Waals surface area contributed by atoms with Crippen molar-refractivity contribution in [3.8, 4) is 16.9 Å². The minimum Gasteiger partial charge on any atom is -0.490 e. The van der Waals surface area contributed by atoms with Gasteiger partial charge in [-0.1, -0.05) is 55.3 Å². The van der Waals surface area contributed by atoms with Crippen LogP contribution >= 0.6 is 11.6 Å². The summed E-state index contributed by atoms with van der Waals surface area (Å²) >= 11 is 6.76. The van der Waals surface area contributed by atoms with E-state index in [0.29, 0.717) is 30.8 Å². The topological polar surface area (TPSA) is 185 Å². The number of rotatable bonds is 25. The molecule has 2 aliphatic rings. The summed E-state index contributed by atoms with van der Waals surface area (Å²) in [5.41, 5.74) is 5.41. The maximum Gasteiger partial charge on any atom is 0.222 e. The summed E-state index contributed by atoms with van der Waals surface area (Å²) in [5.74, 6) is 0.907. The molecule has 3 aromatic rings. The Kier molecular flexibility index (Phi) is 16.3. The molecule has 2 aliphatic carbocycles. The normalized spacial score (nSPS) is 17.6. The van der Waals surface area contributed by atoms with Crippen LogP contribution < -0.4 is 10.1 Å². The van der Waals surface area contributed by atoms with Gasteiger partial charge in [0.2, 0.25) is 5.91 Å². The average Bonchev–Trinajstić information content (AvgIpc) is 4.16. The first kappa shape index (κ1) is 43.0. The Morgan fingerprint density at radius 3 is 2.45 bits per heavy atom. The van der Waals surface area contributed by atoms with Crippen LogP contribution in [0, 0.1) is 0 Å². The van der Waals surface area contributed by atoms with E-state index < -0.39 is 31.0 Å². The van der Waals surface area contributed by atoms with Crippen molar-refractivity contribution >= 4 is 17.5 Å². The lowest BCUT2D eigenvalue weighted by atomic mass is 9.93. The van der Waals surface area contributed by atoms with E-state index in [4.69, 9.17) is 31.3 Å². The molecule has 2 aromatic carbocycles. The number of carbonyl (C=O) groups excluding carboxylic acids is 1. The zero-order valence-electron chi connectivity index (χ0n) is 31.7. The van der Waals surface area contributed by atoms with Crippen molar-refractivity contribution in [1.29, 1.82) is 0 Å². The molecule has 0 spiro atoms. The molecule has 55 heavy (non-hydrogen) atoms. The number of pyridine rings is 1. The van der Waals surface area contributed by atoms with Gasteiger partial charge in [-0.05, 0) is 91.3 Å². The Morgan fingerprint density at radius 2 is 1.73 bits per heavy atom. The summed E-state index contributed by atoms with van der Waals surface area (Å²) in [6.45, 7) is 3.05. The van der Waals surface area contributed by atoms with E-state index in [-0.39, 0.29) is 50.0 Å². The van der Waals surface area contributed by atoms with Gasteiger partial charge >= 0.3 is 0 Å². The fourth-order valence-electron chi connectivity index (χ4n) is 6.92. The van der Waals surface area contributed by atoms with Crippen molar-refractivity contribution in [2.75, 3.05) is 39.5 Å². The summed E-state index contributed by atoms with van der Waals surface area (Å²) in [4.78, 5) is 19.3. The zero-order chi connectivity index (χ0) is 39.4. The molecule has 0 aliphatic heterocycles. The van der Waals surface area contributed by atoms with Crippen LogP contribution in [0.2, 0.25) is 5.02 Å². The van der Waals surface area contributed by atoms with E-state index in [1.807, 2.05) is 30.6 Å². The smallest absolute Gasteiger partial charge is 0.222 e. The van der Waals surface area contributed by atoms with Crippen LogP contribution in [0.3, 0.4) is 0 Å². The van der Waals surface area contributed by atoms with Gasteiger partial charge in [-0.2, -0.15) is 0 Å². The third-order valence-corrected chi connectivity index (χ3v) is 11.1. The van der Waals surface area contributed by atoms with Crippen molar-refractivity contribution in [3.63, 3.8) is 0 Å². The molecular weight excluding hydrogens is 726 g/mol. The Labute approximate surface area is 329 Å². The van der Waals surface area contributed by atoms with Crippen LogP contribution in [-0.4, -0.2) is 116 Å². The number of hydrogen-bond acceptors (Lipinski definition) is 11. The first-order valence-corrected chi connectivity index (χ1v) is 20.0. The molecule has 12 nitrogen and oxygen atoms in total. The average molecular weight is 784 g/mol. The third kappa shape index (κ3) is 12.2. The van der Waals surface area contributed by atoms with Crippen LogP contribution in [0.1, 0.15) is 87.3 Å². The number of amides is 1. The maximum absolute atomic E-state index is 13.1. The van der Waals surface area contributed by atoms with Crippen molar-refractivity contribution in [1.82, 2.24) is 15.2 Å². The molecule has 1 aromatic heterocycles. The summed E-state index contributed by atoms with van der Waals surface area (Å²) in [5, 5.41) is 62.6. The molecule has 5 rings (SSSR count). The molecule has 0 radical (unpaired) electrons. The number of unbranched alkanes of at least 4 members (excludes halogenated alkanes) is 1. The van der Waals surface area contributed by atoms with Gasteiger partial charge in [0.1, 0.15) is 24.1 Å². The number of carbonyl (C=O) groups is 1. The van der Waals surface area contributed by atoms with Crippen molar-refractivity contribution < 1.29 is 44.9 Å². The lowest BCUT2D eigenvalue weighted by molar-refractivity contribution is -0.135. The number of aromatic nitrogens is 1. The minimum absolute atomic E-state index is 0.0936. The van der Waals surface area contributed by atoms with Gasteiger partial charge in [0.05, 0.1) is 38.6 Å². The fourth-order valence-corrected chi connectivity index (χ4v) is 7.11. The molecule has 302 valence electrons. The molecule has 7 N–H and O–H groups in total. The Balaban J connectivity index is 1.14. The molecule has 1 unspecified atom stereocenters. The van der Waals surface area contributed by atoms with Crippen molar-refractivity contribution in [2.45, 2.75) is 113 Å². The number of aliphatic hydroxyl groups is 6. The van der Waals surface area contributed by atoms with E-state index in [0.717, 1.165) is 67.4 Å². The second kappa shape index (κ2) is 20.8. The number of aliphatic hydroxyl groups excluding tert-OH is 6. The summed E-state index contributed by atoms with van der Waals surface area (Å²) in [6, 6.07) is 16.5. The molecule has 13 heteroatoms. The largest absolute Gasteiger partial charge is 0.490 e. The lowest BCUT2D eigenvalue weighted by Gasteiger charge is -2.27. The predicted octanol–water partition coefficient (Wildman–Crippen LogP) is 4.05. The number of nitrogens with one attached hydrogen (secondary N) is 1. The van der Waals surface area contributed by atoms with Gasteiger partial charge in [0.15, 0.2) is 0 Å². The monoisotopic (exact) mass is 783 g/mol. The quantitative estimate of drug-likeness (QED) is 0.0616. The predicted molar refractivity (Wildman–Crippen MR) is 210 cm³/mol. The first-order valence-electron chi connectivity index (χ1n) is 19.6. The number of halogens is 1. The first-order chi connectivity index (χ1) is 26.6. The van der Waals surface area contributed by atoms with Crippen LogP contribution in [0.5, 0.6) is 5.75 Å². The maximum atomic E-state index is 13.1. The van der Waals surface area contributed by atoms with E-state index in [9.17, 15) is 25.2 Å². The van der Waals surface area contributed by atoms with Crippen LogP contribution in [-0.2, 0) is 21.6 Å². The molecule has 2 fully saturated rings. The Hall–Kier alpha value is -3.17. The lowest BCUT2D eigenvalue weighted by Crippen LogP contribution is -2.46. The highest BCUT2D eigenvalue weighted by atomic mass is 35.5. The molecule has 0 bridgehead atoms. The molecule has 0 saturated heterocycles. The Morgan fingerprint density at radius 1 is 0.964 bits per heavy atom. The van der Waals surface area contributed by atoms with Crippen LogP contribution in [0.15, 0.2) is 60.9 Å². The number of benzene rings is 2. The molecule has 1 amide bonds. The second-order valence-electron chi connectivity index (χ2n) is 15.0. The highest BCUT2D eigenvalue weighted by molar-refractivity contribution is 6.31. The van der Waals surface area contributed by atoms with Gasteiger partial charge in [-0.15, -0.1) is 0 Å². The minimum atomic E-state index is -1.75. The van der Waals surface area contributed by atoms with E-state index in [1.165, 1.54) is 11.1 Å². The van der Waals surface area contributed by atoms with Crippen molar-refractivity contribution in [3.05, 3.63) is 82.6 Å². The fraction of sp³-hybridized carbons (Fsp3) is 0.571. The molecular formula is C42H58ClN3O9. The number of hydrogen-bond donors (Lipinski definition) is 7. The number of para-hydroxylation sites is 1. The van der Waals surface area contributed by atoms with Gasteiger partial charge in [0.25, 0.3) is 0 Å². The van der Waals surface area contributed by atoms with Gasteiger partial charge in [0, 0.05) is 54.6 Å². The molecule has 1 heterocycles. The second-order valence-corrected chi connectivity index (χ2v) is 15.4. The van der Waals surface area contributed by atoms with E-state index >= 15 is 0 Å². The van der Waals surface area contributed by atoms with Crippen LogP contribution in [0.25, 0.3) is 11.1 Å². The highest BCUT2D eigenvalue weighted by Gasteiger charge is 2.46. The molecule has 2 saturated carbocycles. The summed E-state index contributed by atoms with van der Waals surface area (Å²) in [6.07, 6.45) is 4.01. The zero-order valence-corrected chi connectivity index (χ0v) is 32.5. The Bertz CT molecular complexity index is 1660. The van der Waals surface area contributed by atoms with E-state index in [2.05, 4.69) is 47.6 Å². The SMILES string of the molecule is CC(CCCCN(CCOCCO)C(=O)CC[C@H](O)[C@@H](O)[C@H](O)[C@H](O)CO)c1ccc(Cl)c(CNC2(c3cnccc3-c3ccccc3OC3CC3)CC2)c1. The van der Waals surface area contributed by atoms with Gasteiger partial charge < -0.3 is 50.3 Å².